The lowest BCUT2D eigenvalue weighted by atomic mass is 9.99. The van der Waals surface area contributed by atoms with Gasteiger partial charge in [-0.1, -0.05) is 40.2 Å². The van der Waals surface area contributed by atoms with Crippen molar-refractivity contribution < 1.29 is 0 Å². The molecule has 0 fully saturated rings. The largest absolute Gasteiger partial charge is 0.399 e. The van der Waals surface area contributed by atoms with Crippen molar-refractivity contribution in [1.82, 2.24) is 0 Å². The van der Waals surface area contributed by atoms with Gasteiger partial charge < -0.3 is 11.5 Å². The maximum absolute atomic E-state index is 6.16. The Bertz CT molecular complexity index is 480. The highest BCUT2D eigenvalue weighted by atomic mass is 79.9. The summed E-state index contributed by atoms with van der Waals surface area (Å²) >= 11 is 3.40. The predicted octanol–water partition coefficient (Wildman–Crippen LogP) is 3.08. The van der Waals surface area contributed by atoms with E-state index in [-0.39, 0.29) is 6.04 Å². The van der Waals surface area contributed by atoms with Crippen LogP contribution in [0.15, 0.2) is 53.0 Å². The average molecular weight is 277 g/mol. The minimum Gasteiger partial charge on any atom is -0.399 e. The number of rotatable bonds is 2. The van der Waals surface area contributed by atoms with Crippen molar-refractivity contribution in [3.63, 3.8) is 0 Å². The maximum Gasteiger partial charge on any atom is 0.0552 e. The van der Waals surface area contributed by atoms with Gasteiger partial charge in [-0.15, -0.1) is 0 Å². The quantitative estimate of drug-likeness (QED) is 0.829. The lowest BCUT2D eigenvalue weighted by Gasteiger charge is -2.13. The van der Waals surface area contributed by atoms with Gasteiger partial charge in [-0.3, -0.25) is 0 Å². The first-order valence-electron chi connectivity index (χ1n) is 5.03. The molecule has 0 aliphatic carbocycles. The number of hydrogen-bond donors (Lipinski definition) is 2. The summed E-state index contributed by atoms with van der Waals surface area (Å²) in [5.41, 5.74) is 14.7. The highest BCUT2D eigenvalue weighted by Gasteiger charge is 2.08. The molecule has 2 aromatic carbocycles. The topological polar surface area (TPSA) is 52.0 Å². The van der Waals surface area contributed by atoms with E-state index in [4.69, 9.17) is 11.5 Å². The van der Waals surface area contributed by atoms with Gasteiger partial charge in [-0.2, -0.15) is 0 Å². The van der Waals surface area contributed by atoms with E-state index in [9.17, 15) is 0 Å². The maximum atomic E-state index is 6.16. The van der Waals surface area contributed by atoms with Crippen LogP contribution in [0.5, 0.6) is 0 Å². The van der Waals surface area contributed by atoms with Gasteiger partial charge in [0.1, 0.15) is 0 Å². The molecule has 1 atom stereocenters. The molecule has 2 aromatic rings. The highest BCUT2D eigenvalue weighted by molar-refractivity contribution is 9.10. The standard InChI is InChI=1S/C13H13BrN2/c14-11-6-4-9(5-7-11)13(16)10-2-1-3-12(15)8-10/h1-8,13H,15-16H2. The van der Waals surface area contributed by atoms with Gasteiger partial charge in [0, 0.05) is 10.2 Å². The Balaban J connectivity index is 2.31. The molecule has 3 heteroatoms. The van der Waals surface area contributed by atoms with Gasteiger partial charge in [-0.05, 0) is 35.4 Å². The molecule has 0 aromatic heterocycles. The van der Waals surface area contributed by atoms with Crippen LogP contribution in [0, 0.1) is 0 Å². The first-order valence-corrected chi connectivity index (χ1v) is 5.82. The Morgan fingerprint density at radius 2 is 1.62 bits per heavy atom. The van der Waals surface area contributed by atoms with Crippen LogP contribution in [0.2, 0.25) is 0 Å². The third-order valence-electron chi connectivity index (χ3n) is 2.50. The van der Waals surface area contributed by atoms with Gasteiger partial charge >= 0.3 is 0 Å². The molecule has 16 heavy (non-hydrogen) atoms. The van der Waals surface area contributed by atoms with Crippen LogP contribution in [0.4, 0.5) is 5.69 Å². The number of nitrogen functional groups attached to an aromatic ring is 1. The lowest BCUT2D eigenvalue weighted by Crippen LogP contribution is -2.11. The first-order chi connectivity index (χ1) is 7.66. The fourth-order valence-corrected chi connectivity index (χ4v) is 1.88. The van der Waals surface area contributed by atoms with E-state index in [0.717, 1.165) is 21.3 Å². The summed E-state index contributed by atoms with van der Waals surface area (Å²) in [4.78, 5) is 0. The monoisotopic (exact) mass is 276 g/mol. The molecule has 0 aliphatic rings. The summed E-state index contributed by atoms with van der Waals surface area (Å²) < 4.78 is 1.05. The Kier molecular flexibility index (Phi) is 3.27. The molecule has 0 heterocycles. The highest BCUT2D eigenvalue weighted by Crippen LogP contribution is 2.22. The van der Waals surface area contributed by atoms with E-state index in [1.165, 1.54) is 0 Å². The molecule has 0 saturated carbocycles. The Morgan fingerprint density at radius 1 is 0.938 bits per heavy atom. The summed E-state index contributed by atoms with van der Waals surface area (Å²) in [6.07, 6.45) is 0. The predicted molar refractivity (Wildman–Crippen MR) is 71.0 cm³/mol. The van der Waals surface area contributed by atoms with Gasteiger partial charge in [0.05, 0.1) is 6.04 Å². The van der Waals surface area contributed by atoms with Crippen molar-refractivity contribution in [2.45, 2.75) is 6.04 Å². The number of hydrogen-bond acceptors (Lipinski definition) is 2. The summed E-state index contributed by atoms with van der Waals surface area (Å²) in [6.45, 7) is 0. The molecule has 0 radical (unpaired) electrons. The minimum atomic E-state index is -0.128. The van der Waals surface area contributed by atoms with Gasteiger partial charge in [-0.25, -0.2) is 0 Å². The van der Waals surface area contributed by atoms with Crippen molar-refractivity contribution in [3.05, 3.63) is 64.1 Å². The van der Waals surface area contributed by atoms with Gasteiger partial charge in [0.25, 0.3) is 0 Å². The summed E-state index contributed by atoms with van der Waals surface area (Å²) in [7, 11) is 0. The van der Waals surface area contributed by atoms with Crippen LogP contribution in [-0.2, 0) is 0 Å². The summed E-state index contributed by atoms with van der Waals surface area (Å²) in [5.74, 6) is 0. The first kappa shape index (κ1) is 11.2. The third-order valence-corrected chi connectivity index (χ3v) is 3.03. The molecule has 82 valence electrons. The smallest absolute Gasteiger partial charge is 0.0552 e. The fourth-order valence-electron chi connectivity index (χ4n) is 1.62. The second-order valence-electron chi connectivity index (χ2n) is 3.70. The SMILES string of the molecule is Nc1cccc(C(N)c2ccc(Br)cc2)c1. The van der Waals surface area contributed by atoms with Crippen LogP contribution in [0.3, 0.4) is 0 Å². The summed E-state index contributed by atoms with van der Waals surface area (Å²) in [6, 6.07) is 15.5. The Hall–Kier alpha value is -1.32. The number of nitrogens with two attached hydrogens (primary N) is 2. The van der Waals surface area contributed by atoms with Crippen molar-refractivity contribution in [1.29, 1.82) is 0 Å². The number of anilines is 1. The van der Waals surface area contributed by atoms with E-state index < -0.39 is 0 Å². The van der Waals surface area contributed by atoms with E-state index in [1.54, 1.807) is 0 Å². The molecular weight excluding hydrogens is 264 g/mol. The second kappa shape index (κ2) is 4.68. The van der Waals surface area contributed by atoms with E-state index in [2.05, 4.69) is 15.9 Å². The molecule has 2 nitrogen and oxygen atoms in total. The normalized spacial score (nSPS) is 12.4. The van der Waals surface area contributed by atoms with Crippen LogP contribution < -0.4 is 11.5 Å². The van der Waals surface area contributed by atoms with Crippen molar-refractivity contribution in [2.24, 2.45) is 5.73 Å². The van der Waals surface area contributed by atoms with Crippen LogP contribution in [-0.4, -0.2) is 0 Å². The molecule has 0 aliphatic heterocycles. The molecule has 1 unspecified atom stereocenters. The average Bonchev–Trinajstić information content (AvgIpc) is 2.29. The Labute approximate surface area is 103 Å². The second-order valence-corrected chi connectivity index (χ2v) is 4.62. The van der Waals surface area contributed by atoms with Gasteiger partial charge in [0.15, 0.2) is 0 Å². The van der Waals surface area contributed by atoms with Crippen LogP contribution >= 0.6 is 15.9 Å². The zero-order valence-corrected chi connectivity index (χ0v) is 10.3. The molecule has 0 saturated heterocycles. The van der Waals surface area contributed by atoms with E-state index >= 15 is 0 Å². The van der Waals surface area contributed by atoms with Crippen molar-refractivity contribution in [2.75, 3.05) is 5.73 Å². The van der Waals surface area contributed by atoms with E-state index in [0.29, 0.717) is 0 Å². The number of benzene rings is 2. The molecular formula is C13H13BrN2. The van der Waals surface area contributed by atoms with Crippen molar-refractivity contribution in [3.8, 4) is 0 Å². The molecule has 2 rings (SSSR count). The Morgan fingerprint density at radius 3 is 2.25 bits per heavy atom. The lowest BCUT2D eigenvalue weighted by molar-refractivity contribution is 0.872. The zero-order valence-electron chi connectivity index (χ0n) is 8.73. The third kappa shape index (κ3) is 2.43. The van der Waals surface area contributed by atoms with Crippen LogP contribution in [0.25, 0.3) is 0 Å². The molecule has 0 bridgehead atoms. The molecule has 0 amide bonds. The van der Waals surface area contributed by atoms with Crippen LogP contribution in [0.1, 0.15) is 17.2 Å². The number of halogens is 1. The summed E-state index contributed by atoms with van der Waals surface area (Å²) in [5, 5.41) is 0. The van der Waals surface area contributed by atoms with Crippen molar-refractivity contribution >= 4 is 21.6 Å². The minimum absolute atomic E-state index is 0.128. The molecule has 4 N–H and O–H groups in total. The van der Waals surface area contributed by atoms with E-state index in [1.807, 2.05) is 48.5 Å². The van der Waals surface area contributed by atoms with Gasteiger partial charge in [0.2, 0.25) is 0 Å². The zero-order chi connectivity index (χ0) is 11.5. The molecule has 0 spiro atoms. The fraction of sp³-hybridized carbons (Fsp3) is 0.0769.